The molecule has 0 spiro atoms. The number of hydrogen-bond acceptors (Lipinski definition) is 6. The van der Waals surface area contributed by atoms with E-state index in [1.54, 1.807) is 13.2 Å². The molecule has 2 aromatic rings. The van der Waals surface area contributed by atoms with Crippen molar-refractivity contribution >= 4 is 23.4 Å². The molecule has 0 saturated heterocycles. The molecule has 0 aromatic carbocycles. The fraction of sp³-hybridized carbons (Fsp3) is 0.385. The average molecular weight is 297 g/mol. The smallest absolute Gasteiger partial charge is 0.223 e. The van der Waals surface area contributed by atoms with E-state index in [1.807, 2.05) is 24.0 Å². The van der Waals surface area contributed by atoms with Gasteiger partial charge in [-0.05, 0) is 19.1 Å². The third-order valence-corrected chi connectivity index (χ3v) is 2.92. The lowest BCUT2D eigenvalue weighted by Crippen LogP contribution is -2.27. The maximum absolute atomic E-state index is 5.92. The molecule has 0 amide bonds. The topological polar surface area (TPSA) is 77.4 Å². The summed E-state index contributed by atoms with van der Waals surface area (Å²) in [4.78, 5) is 10.0. The normalized spacial score (nSPS) is 10.8. The zero-order valence-corrected chi connectivity index (χ0v) is 12.2. The summed E-state index contributed by atoms with van der Waals surface area (Å²) < 4.78 is 10.7. The summed E-state index contributed by atoms with van der Waals surface area (Å²) in [6.45, 7) is 3.66. The molecule has 2 aromatic heterocycles. The van der Waals surface area contributed by atoms with Crippen molar-refractivity contribution in [3.05, 3.63) is 34.9 Å². The number of rotatable bonds is 6. The molecule has 20 heavy (non-hydrogen) atoms. The molecule has 0 bridgehead atoms. The number of hydrogen-bond donors (Lipinski definition) is 1. The predicted octanol–water partition coefficient (Wildman–Crippen LogP) is 2.27. The predicted molar refractivity (Wildman–Crippen MR) is 77.8 cm³/mol. The molecule has 108 valence electrons. The molecule has 0 fully saturated rings. The summed E-state index contributed by atoms with van der Waals surface area (Å²) in [5.41, 5.74) is 5.64. The number of methoxy groups -OCH3 is 1. The summed E-state index contributed by atoms with van der Waals surface area (Å²) in [6.07, 6.45) is 0. The molecule has 7 heteroatoms. The van der Waals surface area contributed by atoms with E-state index in [2.05, 4.69) is 9.97 Å². The van der Waals surface area contributed by atoms with Gasteiger partial charge < -0.3 is 19.8 Å². The Morgan fingerprint density at radius 1 is 1.40 bits per heavy atom. The molecule has 0 unspecified atom stereocenters. The summed E-state index contributed by atoms with van der Waals surface area (Å²) in [5.74, 6) is 2.50. The zero-order valence-electron chi connectivity index (χ0n) is 11.5. The van der Waals surface area contributed by atoms with Crippen LogP contribution in [0.1, 0.15) is 11.5 Å². The molecule has 0 aliphatic rings. The van der Waals surface area contributed by atoms with Gasteiger partial charge in [-0.2, -0.15) is 4.98 Å². The first kappa shape index (κ1) is 14.6. The summed E-state index contributed by atoms with van der Waals surface area (Å²) >= 11 is 5.92. The van der Waals surface area contributed by atoms with Gasteiger partial charge in [0.05, 0.1) is 13.2 Å². The Morgan fingerprint density at radius 3 is 2.80 bits per heavy atom. The van der Waals surface area contributed by atoms with Crippen LogP contribution in [-0.2, 0) is 11.3 Å². The second-order valence-electron chi connectivity index (χ2n) is 4.33. The highest BCUT2D eigenvalue weighted by atomic mass is 35.5. The third kappa shape index (κ3) is 3.85. The van der Waals surface area contributed by atoms with Crippen LogP contribution >= 0.6 is 11.6 Å². The largest absolute Gasteiger partial charge is 0.464 e. The van der Waals surface area contributed by atoms with Crippen molar-refractivity contribution < 1.29 is 9.15 Å². The SMILES string of the molecule is COCCN(Cc1ccc(C)o1)c1cc(Cl)nc(N)n1. The molecule has 0 radical (unpaired) electrons. The first-order chi connectivity index (χ1) is 9.58. The van der Waals surface area contributed by atoms with Gasteiger partial charge in [0, 0.05) is 19.7 Å². The van der Waals surface area contributed by atoms with Gasteiger partial charge in [-0.15, -0.1) is 0 Å². The van der Waals surface area contributed by atoms with Gasteiger partial charge in [0.15, 0.2) is 0 Å². The van der Waals surface area contributed by atoms with Crippen LogP contribution in [0.15, 0.2) is 22.6 Å². The number of nitrogen functional groups attached to an aromatic ring is 1. The Bertz CT molecular complexity index is 553. The molecule has 2 heterocycles. The van der Waals surface area contributed by atoms with Crippen LogP contribution in [0.3, 0.4) is 0 Å². The number of furan rings is 1. The van der Waals surface area contributed by atoms with Crippen LogP contribution in [0.25, 0.3) is 0 Å². The number of anilines is 2. The lowest BCUT2D eigenvalue weighted by Gasteiger charge is -2.22. The number of ether oxygens (including phenoxy) is 1. The van der Waals surface area contributed by atoms with Crippen LogP contribution in [0, 0.1) is 6.92 Å². The van der Waals surface area contributed by atoms with Gasteiger partial charge in [0.2, 0.25) is 5.95 Å². The van der Waals surface area contributed by atoms with E-state index in [9.17, 15) is 0 Å². The van der Waals surface area contributed by atoms with Gasteiger partial charge in [-0.3, -0.25) is 0 Å². The molecule has 0 aliphatic heterocycles. The average Bonchev–Trinajstić information content (AvgIpc) is 2.79. The molecule has 0 aliphatic carbocycles. The van der Waals surface area contributed by atoms with E-state index >= 15 is 0 Å². The van der Waals surface area contributed by atoms with E-state index in [1.165, 1.54) is 0 Å². The Balaban J connectivity index is 2.21. The molecule has 2 rings (SSSR count). The minimum absolute atomic E-state index is 0.144. The maximum atomic E-state index is 5.92. The second kappa shape index (κ2) is 6.58. The Kier molecular flexibility index (Phi) is 4.81. The molecule has 0 atom stereocenters. The summed E-state index contributed by atoms with van der Waals surface area (Å²) in [6, 6.07) is 5.52. The minimum atomic E-state index is 0.144. The van der Waals surface area contributed by atoms with Crippen molar-refractivity contribution in [3.8, 4) is 0 Å². The number of nitrogens with two attached hydrogens (primary N) is 1. The molecule has 0 saturated carbocycles. The van der Waals surface area contributed by atoms with E-state index < -0.39 is 0 Å². The summed E-state index contributed by atoms with van der Waals surface area (Å²) in [7, 11) is 1.65. The van der Waals surface area contributed by atoms with Crippen LogP contribution in [0.4, 0.5) is 11.8 Å². The Hall–Kier alpha value is -1.79. The highest BCUT2D eigenvalue weighted by Gasteiger charge is 2.13. The van der Waals surface area contributed by atoms with E-state index in [0.29, 0.717) is 30.7 Å². The van der Waals surface area contributed by atoms with Gasteiger partial charge in [0.1, 0.15) is 22.5 Å². The highest BCUT2D eigenvalue weighted by Crippen LogP contribution is 2.20. The van der Waals surface area contributed by atoms with E-state index in [0.717, 1.165) is 11.5 Å². The van der Waals surface area contributed by atoms with Crippen molar-refractivity contribution in [1.82, 2.24) is 9.97 Å². The van der Waals surface area contributed by atoms with Gasteiger partial charge in [-0.1, -0.05) is 11.6 Å². The van der Waals surface area contributed by atoms with Crippen molar-refractivity contribution in [3.63, 3.8) is 0 Å². The van der Waals surface area contributed by atoms with Crippen molar-refractivity contribution in [1.29, 1.82) is 0 Å². The Morgan fingerprint density at radius 2 is 2.20 bits per heavy atom. The lowest BCUT2D eigenvalue weighted by molar-refractivity contribution is 0.204. The minimum Gasteiger partial charge on any atom is -0.464 e. The first-order valence-electron chi connectivity index (χ1n) is 6.17. The van der Waals surface area contributed by atoms with Crippen molar-refractivity contribution in [2.75, 3.05) is 30.9 Å². The molecular weight excluding hydrogens is 280 g/mol. The Labute approximate surface area is 122 Å². The highest BCUT2D eigenvalue weighted by molar-refractivity contribution is 6.29. The van der Waals surface area contributed by atoms with Gasteiger partial charge >= 0.3 is 0 Å². The standard InChI is InChI=1S/C13H17ClN4O2/c1-9-3-4-10(20-9)8-18(5-6-19-2)12-7-11(14)16-13(15)17-12/h3-4,7H,5-6,8H2,1-2H3,(H2,15,16,17). The number of halogens is 1. The summed E-state index contributed by atoms with van der Waals surface area (Å²) in [5, 5.41) is 0.311. The van der Waals surface area contributed by atoms with Crippen LogP contribution in [0.2, 0.25) is 5.15 Å². The second-order valence-corrected chi connectivity index (χ2v) is 4.72. The van der Waals surface area contributed by atoms with Crippen LogP contribution < -0.4 is 10.6 Å². The molecule has 6 nitrogen and oxygen atoms in total. The lowest BCUT2D eigenvalue weighted by atomic mass is 10.3. The number of aryl methyl sites for hydroxylation is 1. The fourth-order valence-corrected chi connectivity index (χ4v) is 2.00. The van der Waals surface area contributed by atoms with Crippen molar-refractivity contribution in [2.45, 2.75) is 13.5 Å². The quantitative estimate of drug-likeness (QED) is 0.824. The van der Waals surface area contributed by atoms with E-state index in [4.69, 9.17) is 26.5 Å². The van der Waals surface area contributed by atoms with Crippen molar-refractivity contribution in [2.24, 2.45) is 0 Å². The number of aromatic nitrogens is 2. The number of nitrogens with zero attached hydrogens (tertiary/aromatic N) is 3. The maximum Gasteiger partial charge on any atom is 0.223 e. The molecule has 2 N–H and O–H groups in total. The first-order valence-corrected chi connectivity index (χ1v) is 6.55. The van der Waals surface area contributed by atoms with Crippen LogP contribution in [0.5, 0.6) is 0 Å². The fourth-order valence-electron chi connectivity index (χ4n) is 1.82. The van der Waals surface area contributed by atoms with E-state index in [-0.39, 0.29) is 5.95 Å². The van der Waals surface area contributed by atoms with Gasteiger partial charge in [-0.25, -0.2) is 4.98 Å². The molecular formula is C13H17ClN4O2. The third-order valence-electron chi connectivity index (χ3n) is 2.73. The van der Waals surface area contributed by atoms with Gasteiger partial charge in [0.25, 0.3) is 0 Å². The monoisotopic (exact) mass is 296 g/mol. The van der Waals surface area contributed by atoms with Crippen LogP contribution in [-0.4, -0.2) is 30.2 Å². The zero-order chi connectivity index (χ0) is 14.5.